The molecule has 1 aliphatic rings. The number of hydrogen-bond acceptors (Lipinski definition) is 4. The van der Waals surface area contributed by atoms with E-state index in [1.165, 1.54) is 16.8 Å². The predicted octanol–water partition coefficient (Wildman–Crippen LogP) is 0.564. The number of nitrogens with zero attached hydrogens (tertiary/aromatic N) is 2. The van der Waals surface area contributed by atoms with Gasteiger partial charge in [-0.15, -0.1) is 0 Å². The third-order valence-corrected chi connectivity index (χ3v) is 5.48. The summed E-state index contributed by atoms with van der Waals surface area (Å²) in [6, 6.07) is 7.04. The van der Waals surface area contributed by atoms with Crippen molar-refractivity contribution < 1.29 is 19.2 Å². The van der Waals surface area contributed by atoms with Gasteiger partial charge in [0.15, 0.2) is 0 Å². The van der Waals surface area contributed by atoms with E-state index in [2.05, 4.69) is 10.6 Å². The maximum Gasteiger partial charge on any atom is 0.245 e. The molecule has 0 bridgehead atoms. The van der Waals surface area contributed by atoms with Crippen molar-refractivity contribution in [2.75, 3.05) is 20.6 Å². The monoisotopic (exact) mass is 416 g/mol. The minimum atomic E-state index is -0.804. The van der Waals surface area contributed by atoms with Crippen LogP contribution in [0.25, 0.3) is 0 Å². The van der Waals surface area contributed by atoms with E-state index in [9.17, 15) is 19.2 Å². The van der Waals surface area contributed by atoms with Gasteiger partial charge in [0.2, 0.25) is 23.6 Å². The molecule has 164 valence electrons. The van der Waals surface area contributed by atoms with E-state index in [-0.39, 0.29) is 24.3 Å². The van der Waals surface area contributed by atoms with E-state index in [4.69, 9.17) is 0 Å². The summed E-state index contributed by atoms with van der Waals surface area (Å²) >= 11 is 0. The zero-order chi connectivity index (χ0) is 22.4. The van der Waals surface area contributed by atoms with Gasteiger partial charge in [-0.25, -0.2) is 0 Å². The summed E-state index contributed by atoms with van der Waals surface area (Å²) in [6.45, 7) is 5.28. The fourth-order valence-corrected chi connectivity index (χ4v) is 3.42. The molecule has 4 amide bonds. The number of carbonyl (C=O) groups excluding carboxylic acids is 4. The van der Waals surface area contributed by atoms with Gasteiger partial charge in [-0.3, -0.25) is 19.2 Å². The number of carbonyl (C=O) groups is 4. The van der Waals surface area contributed by atoms with Crippen LogP contribution in [0.3, 0.4) is 0 Å². The van der Waals surface area contributed by atoms with E-state index in [0.717, 1.165) is 5.56 Å². The Kier molecular flexibility index (Phi) is 7.97. The topological polar surface area (TPSA) is 98.8 Å². The van der Waals surface area contributed by atoms with E-state index >= 15 is 0 Å². The first-order valence-electron chi connectivity index (χ1n) is 10.3. The van der Waals surface area contributed by atoms with Crippen LogP contribution in [0.15, 0.2) is 30.3 Å². The molecule has 3 atom stereocenters. The molecule has 0 unspecified atom stereocenters. The average Bonchev–Trinajstić information content (AvgIpc) is 2.72. The highest BCUT2D eigenvalue weighted by molar-refractivity contribution is 5.96. The highest BCUT2D eigenvalue weighted by Gasteiger charge is 2.35. The molecular formula is C22H32N4O4. The van der Waals surface area contributed by atoms with Crippen molar-refractivity contribution in [2.24, 2.45) is 5.92 Å². The van der Waals surface area contributed by atoms with Gasteiger partial charge in [0.05, 0.1) is 6.54 Å². The van der Waals surface area contributed by atoms with Crippen molar-refractivity contribution in [1.82, 2.24) is 20.4 Å². The SMILES string of the molecule is CC(C)C[C@@H]1NC(=O)[C@H](C)N(C)C(=O)CNC(=O)[C@@H](Cc2ccccc2)N(C)C1=O. The Labute approximate surface area is 178 Å². The first-order valence-corrected chi connectivity index (χ1v) is 10.3. The zero-order valence-electron chi connectivity index (χ0n) is 18.3. The van der Waals surface area contributed by atoms with E-state index < -0.39 is 29.9 Å². The van der Waals surface area contributed by atoms with Gasteiger partial charge >= 0.3 is 0 Å². The van der Waals surface area contributed by atoms with Crippen LogP contribution in [-0.2, 0) is 25.6 Å². The molecule has 0 spiro atoms. The first kappa shape index (κ1) is 23.4. The lowest BCUT2D eigenvalue weighted by Gasteiger charge is -2.34. The summed E-state index contributed by atoms with van der Waals surface area (Å²) < 4.78 is 0. The van der Waals surface area contributed by atoms with Crippen molar-refractivity contribution in [1.29, 1.82) is 0 Å². The van der Waals surface area contributed by atoms with Crippen LogP contribution in [0.2, 0.25) is 0 Å². The Morgan fingerprint density at radius 3 is 2.23 bits per heavy atom. The lowest BCUT2D eigenvalue weighted by atomic mass is 9.99. The lowest BCUT2D eigenvalue weighted by molar-refractivity contribution is -0.145. The van der Waals surface area contributed by atoms with Gasteiger partial charge in [0, 0.05) is 20.5 Å². The standard InChI is InChI=1S/C22H32N4O4/c1-14(2)11-17-22(30)26(5)18(12-16-9-7-6-8-10-16)21(29)23-13-19(27)25(4)15(3)20(28)24-17/h6-10,14-15,17-18H,11-13H2,1-5H3,(H,23,29)(H,24,28)/t15-,17-,18+/m0/s1. The first-order chi connectivity index (χ1) is 14.1. The molecular weight excluding hydrogens is 384 g/mol. The van der Waals surface area contributed by atoms with E-state index in [1.54, 1.807) is 14.0 Å². The molecule has 2 N–H and O–H groups in total. The quantitative estimate of drug-likeness (QED) is 0.749. The molecule has 0 saturated carbocycles. The highest BCUT2D eigenvalue weighted by Crippen LogP contribution is 2.14. The third-order valence-electron chi connectivity index (χ3n) is 5.48. The normalized spacial score (nSPS) is 24.3. The van der Waals surface area contributed by atoms with Gasteiger partial charge in [-0.1, -0.05) is 44.2 Å². The van der Waals surface area contributed by atoms with Crippen LogP contribution >= 0.6 is 0 Å². The number of rotatable bonds is 4. The van der Waals surface area contributed by atoms with E-state index in [1.807, 2.05) is 44.2 Å². The van der Waals surface area contributed by atoms with Crippen LogP contribution in [0, 0.1) is 5.92 Å². The molecule has 1 fully saturated rings. The Bertz CT molecular complexity index is 781. The summed E-state index contributed by atoms with van der Waals surface area (Å²) in [7, 11) is 3.08. The predicted molar refractivity (Wildman–Crippen MR) is 113 cm³/mol. The number of likely N-dealkylation sites (N-methyl/N-ethyl adjacent to an activating group) is 2. The summed E-state index contributed by atoms with van der Waals surface area (Å²) in [5, 5.41) is 5.43. The van der Waals surface area contributed by atoms with Crippen LogP contribution < -0.4 is 10.6 Å². The molecule has 2 rings (SSSR count). The fourth-order valence-electron chi connectivity index (χ4n) is 3.42. The molecule has 1 saturated heterocycles. The van der Waals surface area contributed by atoms with Crippen molar-refractivity contribution in [3.05, 3.63) is 35.9 Å². The second-order valence-corrected chi connectivity index (χ2v) is 8.24. The minimum Gasteiger partial charge on any atom is -0.345 e. The highest BCUT2D eigenvalue weighted by atomic mass is 16.2. The minimum absolute atomic E-state index is 0.150. The second-order valence-electron chi connectivity index (χ2n) is 8.24. The average molecular weight is 417 g/mol. The molecule has 8 heteroatoms. The molecule has 1 aromatic carbocycles. The van der Waals surface area contributed by atoms with Crippen molar-refractivity contribution in [2.45, 2.75) is 51.7 Å². The molecule has 1 aromatic rings. The van der Waals surface area contributed by atoms with Crippen LogP contribution in [0.5, 0.6) is 0 Å². The van der Waals surface area contributed by atoms with Crippen LogP contribution in [0.1, 0.15) is 32.8 Å². The fraction of sp³-hybridized carbons (Fsp3) is 0.545. The van der Waals surface area contributed by atoms with Crippen molar-refractivity contribution in [3.63, 3.8) is 0 Å². The Morgan fingerprint density at radius 2 is 1.63 bits per heavy atom. The van der Waals surface area contributed by atoms with Gasteiger partial charge in [0.1, 0.15) is 18.1 Å². The van der Waals surface area contributed by atoms with Gasteiger partial charge in [-0.05, 0) is 24.8 Å². The molecule has 30 heavy (non-hydrogen) atoms. The van der Waals surface area contributed by atoms with Gasteiger partial charge in [-0.2, -0.15) is 0 Å². The smallest absolute Gasteiger partial charge is 0.245 e. The van der Waals surface area contributed by atoms with Gasteiger partial charge < -0.3 is 20.4 Å². The summed E-state index contributed by atoms with van der Waals surface area (Å²) in [5.41, 5.74) is 0.894. The maximum absolute atomic E-state index is 13.3. The second kappa shape index (κ2) is 10.2. The van der Waals surface area contributed by atoms with Crippen molar-refractivity contribution >= 4 is 23.6 Å². The molecule has 1 aliphatic heterocycles. The summed E-state index contributed by atoms with van der Waals surface area (Å²) in [5.74, 6) is -1.35. The lowest BCUT2D eigenvalue weighted by Crippen LogP contribution is -2.59. The molecule has 0 radical (unpaired) electrons. The molecule has 0 aliphatic carbocycles. The Morgan fingerprint density at radius 1 is 1.00 bits per heavy atom. The van der Waals surface area contributed by atoms with E-state index in [0.29, 0.717) is 12.8 Å². The summed E-state index contributed by atoms with van der Waals surface area (Å²) in [4.78, 5) is 54.1. The summed E-state index contributed by atoms with van der Waals surface area (Å²) in [6.07, 6.45) is 0.733. The van der Waals surface area contributed by atoms with Crippen LogP contribution in [-0.4, -0.2) is 72.2 Å². The Hall–Kier alpha value is -2.90. The third kappa shape index (κ3) is 5.81. The number of hydrogen-bond donors (Lipinski definition) is 2. The maximum atomic E-state index is 13.3. The molecule has 0 aromatic heterocycles. The van der Waals surface area contributed by atoms with Gasteiger partial charge in [0.25, 0.3) is 0 Å². The number of benzene rings is 1. The Balaban J connectivity index is 2.39. The van der Waals surface area contributed by atoms with Crippen molar-refractivity contribution in [3.8, 4) is 0 Å². The number of nitrogens with one attached hydrogen (secondary N) is 2. The largest absolute Gasteiger partial charge is 0.345 e. The molecule has 1 heterocycles. The number of amides is 4. The molecule has 8 nitrogen and oxygen atoms in total. The van der Waals surface area contributed by atoms with Crippen LogP contribution in [0.4, 0.5) is 0 Å². The zero-order valence-corrected chi connectivity index (χ0v) is 18.3.